The molecule has 0 aromatic carbocycles. The number of hydrogen-bond donors (Lipinski definition) is 1. The van der Waals surface area contributed by atoms with Crippen LogP contribution >= 0.6 is 27.7 Å². The largest absolute Gasteiger partial charge is 0.366 e. The predicted octanol–water partition coefficient (Wildman–Crippen LogP) is 4.46. The van der Waals surface area contributed by atoms with Gasteiger partial charge < -0.3 is 5.32 Å². The van der Waals surface area contributed by atoms with Gasteiger partial charge in [-0.2, -0.15) is 11.8 Å². The molecule has 1 N–H and O–H groups in total. The van der Waals surface area contributed by atoms with Gasteiger partial charge in [-0.05, 0) is 41.1 Å². The number of thioether (sulfide) groups is 1. The summed E-state index contributed by atoms with van der Waals surface area (Å²) in [5.74, 6) is 0.0636. The molecule has 1 aromatic rings. The zero-order valence-corrected chi connectivity index (χ0v) is 12.9. The minimum atomic E-state index is -0.295. The third-order valence-corrected chi connectivity index (χ3v) is 5.44. The number of nitrogens with zero attached hydrogens (tertiary/aromatic N) is 1. The number of aromatic nitrogens is 1. The minimum Gasteiger partial charge on any atom is -0.366 e. The standard InChI is InChI=1S/C13H18BrFN2S/c1-18-13(5-3-2-4-6-13)9-17-12-11(15)7-10(14)8-16-12/h7-8H,2-6,9H2,1H3,(H,16,17). The average Bonchev–Trinajstić information content (AvgIpc) is 2.39. The molecule has 2 rings (SSSR count). The van der Waals surface area contributed by atoms with Crippen molar-refractivity contribution in [1.29, 1.82) is 0 Å². The summed E-state index contributed by atoms with van der Waals surface area (Å²) >= 11 is 5.11. The third kappa shape index (κ3) is 3.38. The maximum Gasteiger partial charge on any atom is 0.166 e. The highest BCUT2D eigenvalue weighted by Crippen LogP contribution is 2.38. The maximum atomic E-state index is 13.7. The lowest BCUT2D eigenvalue weighted by Crippen LogP contribution is -2.35. The van der Waals surface area contributed by atoms with E-state index in [0.29, 0.717) is 10.3 Å². The monoisotopic (exact) mass is 332 g/mol. The molecule has 0 aliphatic heterocycles. The highest BCUT2D eigenvalue weighted by atomic mass is 79.9. The molecule has 0 radical (unpaired) electrons. The van der Waals surface area contributed by atoms with E-state index in [0.717, 1.165) is 6.54 Å². The lowest BCUT2D eigenvalue weighted by Gasteiger charge is -2.36. The van der Waals surface area contributed by atoms with Crippen molar-refractivity contribution in [1.82, 2.24) is 4.98 Å². The van der Waals surface area contributed by atoms with Gasteiger partial charge in [-0.3, -0.25) is 0 Å². The molecule has 0 bridgehead atoms. The molecule has 2 nitrogen and oxygen atoms in total. The van der Waals surface area contributed by atoms with E-state index in [1.165, 1.54) is 38.2 Å². The molecule has 1 aliphatic rings. The summed E-state index contributed by atoms with van der Waals surface area (Å²) < 4.78 is 14.6. The zero-order valence-electron chi connectivity index (χ0n) is 10.5. The first-order valence-electron chi connectivity index (χ1n) is 6.25. The normalized spacial score (nSPS) is 18.6. The quantitative estimate of drug-likeness (QED) is 0.880. The molecule has 0 unspecified atom stereocenters. The van der Waals surface area contributed by atoms with Crippen molar-refractivity contribution in [3.8, 4) is 0 Å². The van der Waals surface area contributed by atoms with Gasteiger partial charge in [0, 0.05) is 22.0 Å². The van der Waals surface area contributed by atoms with Gasteiger partial charge in [0.05, 0.1) is 0 Å². The molecule has 0 spiro atoms. The molecular formula is C13H18BrFN2S. The van der Waals surface area contributed by atoms with Gasteiger partial charge >= 0.3 is 0 Å². The molecule has 1 aliphatic carbocycles. The van der Waals surface area contributed by atoms with E-state index in [1.54, 1.807) is 6.20 Å². The van der Waals surface area contributed by atoms with Crippen LogP contribution in [0.25, 0.3) is 0 Å². The van der Waals surface area contributed by atoms with Crippen LogP contribution in [0.1, 0.15) is 32.1 Å². The highest BCUT2D eigenvalue weighted by Gasteiger charge is 2.31. The van der Waals surface area contributed by atoms with Crippen LogP contribution in [0.4, 0.5) is 10.2 Å². The van der Waals surface area contributed by atoms with Crippen LogP contribution in [0.2, 0.25) is 0 Å². The molecule has 0 amide bonds. The molecule has 5 heteroatoms. The van der Waals surface area contributed by atoms with E-state index < -0.39 is 0 Å². The second kappa shape index (κ2) is 6.24. The van der Waals surface area contributed by atoms with Gasteiger partial charge in [0.15, 0.2) is 11.6 Å². The number of nitrogens with one attached hydrogen (secondary N) is 1. The first-order chi connectivity index (χ1) is 8.65. The number of hydrogen-bond acceptors (Lipinski definition) is 3. The van der Waals surface area contributed by atoms with Crippen molar-refractivity contribution in [2.75, 3.05) is 18.1 Å². The molecule has 100 valence electrons. The lowest BCUT2D eigenvalue weighted by atomic mass is 9.88. The fourth-order valence-corrected chi connectivity index (χ4v) is 3.66. The van der Waals surface area contributed by atoms with Gasteiger partial charge in [0.1, 0.15) is 0 Å². The van der Waals surface area contributed by atoms with E-state index in [2.05, 4.69) is 32.5 Å². The zero-order chi connectivity index (χ0) is 13.0. The summed E-state index contributed by atoms with van der Waals surface area (Å²) in [4.78, 5) is 4.09. The van der Waals surface area contributed by atoms with Gasteiger partial charge in [0.25, 0.3) is 0 Å². The van der Waals surface area contributed by atoms with Crippen LogP contribution in [-0.4, -0.2) is 22.5 Å². The summed E-state index contributed by atoms with van der Waals surface area (Å²) in [6, 6.07) is 1.45. The molecular weight excluding hydrogens is 315 g/mol. The third-order valence-electron chi connectivity index (χ3n) is 3.58. The van der Waals surface area contributed by atoms with E-state index in [4.69, 9.17) is 0 Å². The van der Waals surface area contributed by atoms with Crippen molar-refractivity contribution < 1.29 is 4.39 Å². The van der Waals surface area contributed by atoms with Crippen LogP contribution in [0.5, 0.6) is 0 Å². The molecule has 0 atom stereocenters. The Morgan fingerprint density at radius 3 is 2.78 bits per heavy atom. The number of anilines is 1. The van der Waals surface area contributed by atoms with Crippen LogP contribution in [-0.2, 0) is 0 Å². The van der Waals surface area contributed by atoms with Gasteiger partial charge in [0.2, 0.25) is 0 Å². The molecule has 1 heterocycles. The Morgan fingerprint density at radius 1 is 1.44 bits per heavy atom. The number of halogens is 2. The number of pyridine rings is 1. The summed E-state index contributed by atoms with van der Waals surface area (Å²) in [5, 5.41) is 3.17. The second-order valence-corrected chi connectivity index (χ2v) is 6.98. The highest BCUT2D eigenvalue weighted by molar-refractivity contribution is 9.10. The Hall–Kier alpha value is -0.290. The van der Waals surface area contributed by atoms with Crippen LogP contribution in [0.3, 0.4) is 0 Å². The summed E-state index contributed by atoms with van der Waals surface area (Å²) in [6.45, 7) is 0.791. The summed E-state index contributed by atoms with van der Waals surface area (Å²) in [5.41, 5.74) is 0. The average molecular weight is 333 g/mol. The van der Waals surface area contributed by atoms with Crippen LogP contribution in [0, 0.1) is 5.82 Å². The first-order valence-corrected chi connectivity index (χ1v) is 8.27. The lowest BCUT2D eigenvalue weighted by molar-refractivity contribution is 0.410. The Bertz CT molecular complexity index is 408. The SMILES string of the molecule is CSC1(CNc2ncc(Br)cc2F)CCCCC1. The van der Waals surface area contributed by atoms with Crippen molar-refractivity contribution in [3.63, 3.8) is 0 Å². The van der Waals surface area contributed by atoms with E-state index in [1.807, 2.05) is 11.8 Å². The van der Waals surface area contributed by atoms with Crippen molar-refractivity contribution in [2.45, 2.75) is 36.9 Å². The fraction of sp³-hybridized carbons (Fsp3) is 0.615. The Morgan fingerprint density at radius 2 is 2.17 bits per heavy atom. The Kier molecular flexibility index (Phi) is 4.90. The summed E-state index contributed by atoms with van der Waals surface area (Å²) in [7, 11) is 0. The van der Waals surface area contributed by atoms with E-state index in [9.17, 15) is 4.39 Å². The van der Waals surface area contributed by atoms with Crippen LogP contribution < -0.4 is 5.32 Å². The van der Waals surface area contributed by atoms with Crippen LogP contribution in [0.15, 0.2) is 16.7 Å². The molecule has 18 heavy (non-hydrogen) atoms. The number of rotatable bonds is 4. The molecule has 0 saturated heterocycles. The topological polar surface area (TPSA) is 24.9 Å². The molecule has 1 aromatic heterocycles. The predicted molar refractivity (Wildman–Crippen MR) is 79.7 cm³/mol. The first kappa shape index (κ1) is 14.1. The maximum absolute atomic E-state index is 13.7. The molecule has 1 fully saturated rings. The van der Waals surface area contributed by atoms with Gasteiger partial charge in [-0.1, -0.05) is 19.3 Å². The fourth-order valence-electron chi connectivity index (χ4n) is 2.44. The van der Waals surface area contributed by atoms with E-state index >= 15 is 0 Å². The van der Waals surface area contributed by atoms with Crippen molar-refractivity contribution in [2.24, 2.45) is 0 Å². The minimum absolute atomic E-state index is 0.249. The van der Waals surface area contributed by atoms with Gasteiger partial charge in [-0.15, -0.1) is 0 Å². The van der Waals surface area contributed by atoms with Gasteiger partial charge in [-0.25, -0.2) is 9.37 Å². The Labute approximate surface area is 120 Å². The van der Waals surface area contributed by atoms with Crippen molar-refractivity contribution in [3.05, 3.63) is 22.6 Å². The smallest absolute Gasteiger partial charge is 0.166 e. The molecule has 1 saturated carbocycles. The second-order valence-electron chi connectivity index (χ2n) is 4.79. The van der Waals surface area contributed by atoms with E-state index in [-0.39, 0.29) is 10.6 Å². The Balaban J connectivity index is 2.01. The summed E-state index contributed by atoms with van der Waals surface area (Å²) in [6.07, 6.45) is 10.1. The van der Waals surface area contributed by atoms with Crippen molar-refractivity contribution >= 4 is 33.5 Å².